The summed E-state index contributed by atoms with van der Waals surface area (Å²) in [5.74, 6) is 0.819. The Morgan fingerprint density at radius 1 is 1.37 bits per heavy atom. The van der Waals surface area contributed by atoms with E-state index in [1.54, 1.807) is 6.92 Å². The fourth-order valence-electron chi connectivity index (χ4n) is 4.50. The van der Waals surface area contributed by atoms with Crippen LogP contribution in [-0.2, 0) is 20.9 Å². The van der Waals surface area contributed by atoms with Gasteiger partial charge in [-0.05, 0) is 26.0 Å². The number of pyridine rings is 2. The van der Waals surface area contributed by atoms with Crippen LogP contribution >= 0.6 is 0 Å². The van der Waals surface area contributed by atoms with Crippen molar-refractivity contribution in [3.05, 3.63) is 41.7 Å². The minimum absolute atomic E-state index is 0.183. The molecule has 0 radical (unpaired) electrons. The van der Waals surface area contributed by atoms with Gasteiger partial charge in [-0.2, -0.15) is 4.36 Å². The largest absolute Gasteiger partial charge is 0.388 e. The molecule has 1 N–H and O–H groups in total. The van der Waals surface area contributed by atoms with Crippen molar-refractivity contribution in [2.75, 3.05) is 36.2 Å². The van der Waals surface area contributed by atoms with Crippen molar-refractivity contribution in [1.29, 1.82) is 0 Å². The molecular formula is C22H26N4O3S. The third-order valence-electron chi connectivity index (χ3n) is 5.77. The number of rotatable bonds is 3. The van der Waals surface area contributed by atoms with Crippen LogP contribution in [0.1, 0.15) is 25.1 Å². The van der Waals surface area contributed by atoms with E-state index in [4.69, 9.17) is 9.72 Å². The highest BCUT2D eigenvalue weighted by atomic mass is 32.2. The Morgan fingerprint density at radius 3 is 2.97 bits per heavy atom. The first kappa shape index (κ1) is 19.7. The molecule has 2 fully saturated rings. The van der Waals surface area contributed by atoms with Crippen LogP contribution in [0.3, 0.4) is 0 Å². The van der Waals surface area contributed by atoms with E-state index in [-0.39, 0.29) is 17.5 Å². The standard InChI is InChI=1S/C22H26N4O3S/c1-15-12-29-9-8-26(15)16-10-20(18-6-7-23-19-5-3-4-17(18)19)24-21(11-16)25-30(28)13-22(2,27)14-30/h3-4,6-7,10-11,15,27H,5,8-9,12-14H2,1-2H3/t15-,22?,30?/m1/s1. The number of aliphatic hydroxyl groups is 1. The molecule has 0 amide bonds. The molecule has 7 nitrogen and oxygen atoms in total. The molecule has 0 aromatic carbocycles. The van der Waals surface area contributed by atoms with Gasteiger partial charge in [0.05, 0.1) is 51.4 Å². The summed E-state index contributed by atoms with van der Waals surface area (Å²) in [6.07, 6.45) is 6.83. The van der Waals surface area contributed by atoms with Crippen molar-refractivity contribution >= 4 is 27.3 Å². The molecule has 4 heterocycles. The maximum absolute atomic E-state index is 13.0. The minimum Gasteiger partial charge on any atom is -0.388 e. The topological polar surface area (TPSA) is 87.9 Å². The van der Waals surface area contributed by atoms with Gasteiger partial charge in [-0.15, -0.1) is 0 Å². The van der Waals surface area contributed by atoms with Gasteiger partial charge in [0, 0.05) is 48.1 Å². The first-order valence-electron chi connectivity index (χ1n) is 10.3. The monoisotopic (exact) mass is 426 g/mol. The van der Waals surface area contributed by atoms with Crippen LogP contribution in [-0.4, -0.2) is 62.2 Å². The third kappa shape index (κ3) is 3.64. The summed E-state index contributed by atoms with van der Waals surface area (Å²) >= 11 is 0. The molecule has 0 spiro atoms. The maximum atomic E-state index is 13.0. The molecule has 0 saturated carbocycles. The Hall–Kier alpha value is -2.29. The van der Waals surface area contributed by atoms with Gasteiger partial charge in [-0.25, -0.2) is 9.19 Å². The molecule has 158 valence electrons. The first-order chi connectivity index (χ1) is 14.3. The molecule has 2 aromatic rings. The normalized spacial score (nSPS) is 30.1. The van der Waals surface area contributed by atoms with E-state index in [1.807, 2.05) is 18.3 Å². The van der Waals surface area contributed by atoms with E-state index in [2.05, 4.69) is 39.4 Å². The zero-order valence-electron chi connectivity index (χ0n) is 17.2. The molecule has 2 saturated heterocycles. The second-order valence-electron chi connectivity index (χ2n) is 8.66. The summed E-state index contributed by atoms with van der Waals surface area (Å²) in [5, 5.41) is 10.1. The SMILES string of the molecule is C[C@@H]1COCCN1c1cc(N=S2(=O)CC(C)(O)C2)nc(-c2ccnc3c2C=CC3)c1. The molecular weight excluding hydrogens is 400 g/mol. The Kier molecular flexibility index (Phi) is 4.68. The molecule has 30 heavy (non-hydrogen) atoms. The van der Waals surface area contributed by atoms with Crippen molar-refractivity contribution < 1.29 is 14.1 Å². The molecule has 0 bridgehead atoms. The van der Waals surface area contributed by atoms with Crippen molar-refractivity contribution in [1.82, 2.24) is 9.97 Å². The van der Waals surface area contributed by atoms with Gasteiger partial charge in [0.1, 0.15) is 0 Å². The van der Waals surface area contributed by atoms with E-state index < -0.39 is 15.3 Å². The lowest BCUT2D eigenvalue weighted by atomic mass is 10.0. The quantitative estimate of drug-likeness (QED) is 0.812. The number of nitrogens with zero attached hydrogens (tertiary/aromatic N) is 4. The van der Waals surface area contributed by atoms with Gasteiger partial charge in [0.15, 0.2) is 5.82 Å². The van der Waals surface area contributed by atoms with Crippen LogP contribution in [0.15, 0.2) is 34.8 Å². The molecule has 3 aliphatic rings. The number of morpholine rings is 1. The molecule has 5 rings (SSSR count). The van der Waals surface area contributed by atoms with Gasteiger partial charge in [-0.3, -0.25) is 4.98 Å². The van der Waals surface area contributed by atoms with Crippen molar-refractivity contribution in [3.63, 3.8) is 0 Å². The zero-order valence-corrected chi connectivity index (χ0v) is 18.1. The van der Waals surface area contributed by atoms with E-state index in [1.165, 1.54) is 0 Å². The highest BCUT2D eigenvalue weighted by Crippen LogP contribution is 2.35. The average Bonchev–Trinajstić information content (AvgIpc) is 3.15. The van der Waals surface area contributed by atoms with Crippen molar-refractivity contribution in [2.24, 2.45) is 4.36 Å². The first-order valence-corrected chi connectivity index (χ1v) is 12.1. The van der Waals surface area contributed by atoms with Crippen LogP contribution in [0.4, 0.5) is 11.5 Å². The Morgan fingerprint density at radius 2 is 2.20 bits per heavy atom. The smallest absolute Gasteiger partial charge is 0.164 e. The highest BCUT2D eigenvalue weighted by molar-refractivity contribution is 7.95. The summed E-state index contributed by atoms with van der Waals surface area (Å²) in [6.45, 7) is 5.94. The third-order valence-corrected chi connectivity index (χ3v) is 8.44. The molecule has 1 aliphatic carbocycles. The lowest BCUT2D eigenvalue weighted by Gasteiger charge is -2.36. The summed E-state index contributed by atoms with van der Waals surface area (Å²) in [7, 11) is -2.48. The summed E-state index contributed by atoms with van der Waals surface area (Å²) in [4.78, 5) is 11.5. The van der Waals surface area contributed by atoms with Crippen LogP contribution in [0, 0.1) is 0 Å². The summed E-state index contributed by atoms with van der Waals surface area (Å²) < 4.78 is 23.1. The molecule has 1 atom stereocenters. The lowest BCUT2D eigenvalue weighted by Crippen LogP contribution is -2.52. The van der Waals surface area contributed by atoms with Gasteiger partial charge in [-0.1, -0.05) is 12.2 Å². The Balaban J connectivity index is 1.63. The number of ether oxygens (including phenoxy) is 1. The lowest BCUT2D eigenvalue weighted by molar-refractivity contribution is 0.0947. The maximum Gasteiger partial charge on any atom is 0.164 e. The van der Waals surface area contributed by atoms with Crippen molar-refractivity contribution in [2.45, 2.75) is 31.9 Å². The average molecular weight is 427 g/mol. The number of allylic oxidation sites excluding steroid dienone is 1. The number of anilines is 1. The van der Waals surface area contributed by atoms with Gasteiger partial charge >= 0.3 is 0 Å². The van der Waals surface area contributed by atoms with Crippen LogP contribution in [0.5, 0.6) is 0 Å². The number of aromatic nitrogens is 2. The van der Waals surface area contributed by atoms with Crippen LogP contribution in [0.25, 0.3) is 17.3 Å². The number of fused-ring (bicyclic) bond motifs is 1. The van der Waals surface area contributed by atoms with E-state index in [0.29, 0.717) is 19.0 Å². The fourth-order valence-corrected chi connectivity index (χ4v) is 6.93. The highest BCUT2D eigenvalue weighted by Gasteiger charge is 2.41. The molecule has 2 aliphatic heterocycles. The number of hydrogen-bond donors (Lipinski definition) is 1. The predicted molar refractivity (Wildman–Crippen MR) is 118 cm³/mol. The van der Waals surface area contributed by atoms with Crippen LogP contribution in [0.2, 0.25) is 0 Å². The van der Waals surface area contributed by atoms with Gasteiger partial charge < -0.3 is 14.7 Å². The van der Waals surface area contributed by atoms with E-state index >= 15 is 0 Å². The van der Waals surface area contributed by atoms with E-state index in [9.17, 15) is 9.32 Å². The predicted octanol–water partition coefficient (Wildman–Crippen LogP) is 2.80. The minimum atomic E-state index is -2.48. The second kappa shape index (κ2) is 7.14. The summed E-state index contributed by atoms with van der Waals surface area (Å²) in [6, 6.07) is 6.18. The van der Waals surface area contributed by atoms with Crippen LogP contribution < -0.4 is 4.90 Å². The van der Waals surface area contributed by atoms with Gasteiger partial charge in [0.25, 0.3) is 0 Å². The molecule has 2 aromatic heterocycles. The molecule has 8 heteroatoms. The van der Waals surface area contributed by atoms with Crippen molar-refractivity contribution in [3.8, 4) is 11.3 Å². The Bertz CT molecular complexity index is 1140. The van der Waals surface area contributed by atoms with Gasteiger partial charge in [0.2, 0.25) is 0 Å². The fraction of sp³-hybridized carbons (Fsp3) is 0.455. The van der Waals surface area contributed by atoms with E-state index in [0.717, 1.165) is 41.2 Å². The Labute approximate surface area is 177 Å². The second-order valence-corrected chi connectivity index (χ2v) is 11.0. The summed E-state index contributed by atoms with van der Waals surface area (Å²) in [5.41, 5.74) is 4.01. The number of hydrogen-bond acceptors (Lipinski definition) is 7. The zero-order chi connectivity index (χ0) is 20.9. The molecule has 0 unspecified atom stereocenters.